The van der Waals surface area contributed by atoms with Crippen molar-refractivity contribution in [2.24, 2.45) is 0 Å². The van der Waals surface area contributed by atoms with Gasteiger partial charge < -0.3 is 9.64 Å². The minimum atomic E-state index is -4.49. The number of ether oxygens (including phenoxy) is 1. The van der Waals surface area contributed by atoms with E-state index in [9.17, 15) is 21.6 Å². The topological polar surface area (TPSA) is 102 Å². The fraction of sp³-hybridized carbons (Fsp3) is 0.421. The maximum absolute atomic E-state index is 13.1. The lowest BCUT2D eigenvalue weighted by molar-refractivity contribution is -0.137. The predicted octanol–water partition coefficient (Wildman–Crippen LogP) is 1.95. The number of rotatable bonds is 5. The number of anilines is 1. The molecule has 3 aromatic heterocycles. The second-order valence-corrected chi connectivity index (χ2v) is 9.34. The number of halogens is 3. The van der Waals surface area contributed by atoms with Crippen LogP contribution in [-0.4, -0.2) is 65.9 Å². The molecule has 0 unspecified atom stereocenters. The van der Waals surface area contributed by atoms with Gasteiger partial charge in [0.15, 0.2) is 5.82 Å². The van der Waals surface area contributed by atoms with Crippen LogP contribution >= 0.6 is 0 Å². The zero-order valence-corrected chi connectivity index (χ0v) is 18.1. The number of hydrogen-bond donors (Lipinski definition) is 1. The van der Waals surface area contributed by atoms with E-state index in [4.69, 9.17) is 4.74 Å². The molecular formula is C19H21F3N6O3S. The molecule has 0 aliphatic carbocycles. The molecule has 0 spiro atoms. The van der Waals surface area contributed by atoms with Crippen LogP contribution in [0.4, 0.5) is 19.0 Å². The first-order chi connectivity index (χ1) is 15.0. The maximum atomic E-state index is 13.1. The summed E-state index contributed by atoms with van der Waals surface area (Å²) in [6.07, 6.45) is 0.111. The normalized spacial score (nSPS) is 18.8. The van der Waals surface area contributed by atoms with Crippen molar-refractivity contribution in [3.05, 3.63) is 42.4 Å². The van der Waals surface area contributed by atoms with Crippen LogP contribution in [-0.2, 0) is 20.9 Å². The van der Waals surface area contributed by atoms with E-state index < -0.39 is 33.9 Å². The Morgan fingerprint density at radius 1 is 1.25 bits per heavy atom. The summed E-state index contributed by atoms with van der Waals surface area (Å²) in [6, 6.07) is 3.50. The summed E-state index contributed by atoms with van der Waals surface area (Å²) in [5.74, 6) is 0.774. The molecule has 0 saturated carbocycles. The van der Waals surface area contributed by atoms with E-state index in [-0.39, 0.29) is 5.82 Å². The number of morpholine rings is 1. The molecule has 4 heterocycles. The summed E-state index contributed by atoms with van der Waals surface area (Å²) in [7, 11) is -3.39. The van der Waals surface area contributed by atoms with E-state index in [2.05, 4.69) is 19.7 Å². The molecule has 9 nitrogen and oxygen atoms in total. The van der Waals surface area contributed by atoms with Gasteiger partial charge in [0.25, 0.3) is 0 Å². The zero-order chi connectivity index (χ0) is 23.1. The number of sulfonamides is 1. The molecule has 0 aromatic carbocycles. The molecule has 172 valence electrons. The molecule has 0 amide bonds. The summed E-state index contributed by atoms with van der Waals surface area (Å²) in [4.78, 5) is 14.8. The van der Waals surface area contributed by atoms with Gasteiger partial charge in [-0.15, -0.1) is 0 Å². The number of pyridine rings is 1. The number of hydrogen-bond acceptors (Lipinski definition) is 7. The molecule has 1 aliphatic rings. The lowest BCUT2D eigenvalue weighted by atomic mass is 10.1. The molecule has 1 N–H and O–H groups in total. The Labute approximate surface area is 182 Å². The molecule has 4 rings (SSSR count). The van der Waals surface area contributed by atoms with Crippen LogP contribution in [0.25, 0.3) is 17.2 Å². The Hall–Kier alpha value is -2.77. The van der Waals surface area contributed by atoms with E-state index in [0.29, 0.717) is 36.9 Å². The number of imidazole rings is 1. The summed E-state index contributed by atoms with van der Waals surface area (Å²) in [5, 5.41) is 0. The van der Waals surface area contributed by atoms with Crippen LogP contribution in [0.1, 0.15) is 12.5 Å². The number of fused-ring (bicyclic) bond motifs is 1. The molecule has 32 heavy (non-hydrogen) atoms. The van der Waals surface area contributed by atoms with Crippen molar-refractivity contribution in [3.8, 4) is 11.5 Å². The van der Waals surface area contributed by atoms with Crippen molar-refractivity contribution in [2.45, 2.75) is 25.2 Å². The molecule has 1 saturated heterocycles. The van der Waals surface area contributed by atoms with E-state index in [1.54, 1.807) is 13.0 Å². The molecule has 0 bridgehead atoms. The molecule has 1 fully saturated rings. The largest absolute Gasteiger partial charge is 0.417 e. The smallest absolute Gasteiger partial charge is 0.373 e. The number of nitrogens with one attached hydrogen (secondary N) is 1. The van der Waals surface area contributed by atoms with Gasteiger partial charge in [-0.2, -0.15) is 13.2 Å². The summed E-state index contributed by atoms with van der Waals surface area (Å²) in [5.41, 5.74) is -0.136. The highest BCUT2D eigenvalue weighted by Gasteiger charge is 2.31. The molecular weight excluding hydrogens is 449 g/mol. The second kappa shape index (κ2) is 8.30. The Balaban J connectivity index is 1.62. The minimum absolute atomic E-state index is 0.222. The van der Waals surface area contributed by atoms with Gasteiger partial charge in [-0.1, -0.05) is 0 Å². The molecule has 13 heteroatoms. The van der Waals surface area contributed by atoms with Crippen LogP contribution in [0.5, 0.6) is 0 Å². The Morgan fingerprint density at radius 3 is 2.75 bits per heavy atom. The Kier molecular flexibility index (Phi) is 5.81. The zero-order valence-electron chi connectivity index (χ0n) is 17.2. The van der Waals surface area contributed by atoms with E-state index >= 15 is 0 Å². The van der Waals surface area contributed by atoms with Gasteiger partial charge in [0.2, 0.25) is 10.0 Å². The van der Waals surface area contributed by atoms with Crippen LogP contribution in [0, 0.1) is 0 Å². The van der Waals surface area contributed by atoms with Gasteiger partial charge in [-0.05, 0) is 25.1 Å². The monoisotopic (exact) mass is 470 g/mol. The molecule has 0 radical (unpaired) electrons. The third-order valence-corrected chi connectivity index (χ3v) is 5.88. The first-order valence-corrected chi connectivity index (χ1v) is 11.6. The SMILES string of the molecule is C[C@@H](NS(C)(=O)=O)[C@@H]1CN(c2ccnc(-c3cnc4ccc(C(F)(F)F)cn34)n2)CCO1. The highest BCUT2D eigenvalue weighted by atomic mass is 32.2. The lowest BCUT2D eigenvalue weighted by Gasteiger charge is -2.36. The second-order valence-electron chi connectivity index (χ2n) is 7.56. The van der Waals surface area contributed by atoms with Crippen LogP contribution in [0.2, 0.25) is 0 Å². The van der Waals surface area contributed by atoms with Crippen molar-refractivity contribution in [3.63, 3.8) is 0 Å². The standard InChI is InChI=1S/C19H21F3N6O3S/c1-12(26-32(2,29)30)15-11-27(7-8-31-15)17-5-6-23-18(25-17)14-9-24-16-4-3-13(10-28(14)16)19(20,21)22/h3-6,9-10,12,15,26H,7-8,11H2,1-2H3/t12-,15+/m1/s1. The van der Waals surface area contributed by atoms with Crippen molar-refractivity contribution >= 4 is 21.5 Å². The van der Waals surface area contributed by atoms with E-state index in [1.807, 2.05) is 4.90 Å². The van der Waals surface area contributed by atoms with Crippen molar-refractivity contribution in [1.82, 2.24) is 24.1 Å². The fourth-order valence-corrected chi connectivity index (χ4v) is 4.39. The Morgan fingerprint density at radius 2 is 2.03 bits per heavy atom. The third kappa shape index (κ3) is 4.84. The predicted molar refractivity (Wildman–Crippen MR) is 111 cm³/mol. The average molecular weight is 470 g/mol. The Bertz CT molecular complexity index is 1230. The average Bonchev–Trinajstić information content (AvgIpc) is 3.15. The minimum Gasteiger partial charge on any atom is -0.373 e. The highest BCUT2D eigenvalue weighted by molar-refractivity contribution is 7.88. The molecule has 2 atom stereocenters. The maximum Gasteiger partial charge on any atom is 0.417 e. The number of aromatic nitrogens is 4. The molecule has 1 aliphatic heterocycles. The van der Waals surface area contributed by atoms with Crippen molar-refractivity contribution < 1.29 is 26.3 Å². The third-order valence-electron chi connectivity index (χ3n) is 5.08. The van der Waals surface area contributed by atoms with Gasteiger partial charge in [0.05, 0.1) is 30.7 Å². The van der Waals surface area contributed by atoms with E-state index in [1.165, 1.54) is 22.9 Å². The van der Waals surface area contributed by atoms with Crippen molar-refractivity contribution in [2.75, 3.05) is 30.9 Å². The highest BCUT2D eigenvalue weighted by Crippen LogP contribution is 2.30. The van der Waals surface area contributed by atoms with Crippen LogP contribution < -0.4 is 9.62 Å². The van der Waals surface area contributed by atoms with Gasteiger partial charge in [0, 0.05) is 31.5 Å². The summed E-state index contributed by atoms with van der Waals surface area (Å²) >= 11 is 0. The van der Waals surface area contributed by atoms with Gasteiger partial charge >= 0.3 is 6.18 Å². The summed E-state index contributed by atoms with van der Waals surface area (Å²) < 4.78 is 72.0. The quantitative estimate of drug-likeness (QED) is 0.608. The number of alkyl halides is 3. The van der Waals surface area contributed by atoms with Crippen molar-refractivity contribution in [1.29, 1.82) is 0 Å². The van der Waals surface area contributed by atoms with Gasteiger partial charge in [-0.3, -0.25) is 4.40 Å². The van der Waals surface area contributed by atoms with Gasteiger partial charge in [-0.25, -0.2) is 28.1 Å². The van der Waals surface area contributed by atoms with Crippen LogP contribution in [0.15, 0.2) is 36.8 Å². The van der Waals surface area contributed by atoms with Gasteiger partial charge in [0.1, 0.15) is 17.2 Å². The van der Waals surface area contributed by atoms with Crippen LogP contribution in [0.3, 0.4) is 0 Å². The first kappa shape index (κ1) is 22.4. The lowest BCUT2D eigenvalue weighted by Crippen LogP contribution is -2.52. The summed E-state index contributed by atoms with van der Waals surface area (Å²) in [6.45, 7) is 2.98. The molecule has 3 aromatic rings. The fourth-order valence-electron chi connectivity index (χ4n) is 3.56. The van der Waals surface area contributed by atoms with E-state index in [0.717, 1.165) is 18.5 Å². The first-order valence-electron chi connectivity index (χ1n) is 9.73. The number of nitrogens with zero attached hydrogens (tertiary/aromatic N) is 5.